The number of imide groups is 1. The number of hydrogen-bond donors (Lipinski definition) is 1. The Morgan fingerprint density at radius 2 is 1.58 bits per heavy atom. The van der Waals surface area contributed by atoms with Gasteiger partial charge >= 0.3 is 0 Å². The van der Waals surface area contributed by atoms with Gasteiger partial charge in [-0.1, -0.05) is 66.2 Å². The number of hydrogen-bond acceptors (Lipinski definition) is 5. The van der Waals surface area contributed by atoms with E-state index in [4.69, 9.17) is 11.6 Å². The van der Waals surface area contributed by atoms with Crippen molar-refractivity contribution >= 4 is 41.0 Å². The van der Waals surface area contributed by atoms with E-state index in [1.165, 1.54) is 0 Å². The standard InChI is InChI=1S/C25H20ClN5O2/c26-17-12-10-16(11-13-17)21-14-20(15-6-2-1-3-7-15)27-24-28-25(29-31(21)24)30-22(32)18-8-4-5-9-19(18)23(30)33/h1-7,10-14,18-19,21H,8-9H2,(H,27,28,29)/t18-,19-,21-/m0/s1. The van der Waals surface area contributed by atoms with Gasteiger partial charge in [-0.15, -0.1) is 5.10 Å². The molecule has 2 aliphatic heterocycles. The zero-order valence-electron chi connectivity index (χ0n) is 17.6. The maximum absolute atomic E-state index is 13.1. The van der Waals surface area contributed by atoms with E-state index in [-0.39, 0.29) is 35.6 Å². The maximum atomic E-state index is 13.1. The van der Waals surface area contributed by atoms with Crippen molar-refractivity contribution in [3.63, 3.8) is 0 Å². The number of nitrogens with one attached hydrogen (secondary N) is 1. The van der Waals surface area contributed by atoms with Crippen molar-refractivity contribution in [1.82, 2.24) is 14.8 Å². The highest BCUT2D eigenvalue weighted by Crippen LogP contribution is 2.39. The van der Waals surface area contributed by atoms with E-state index < -0.39 is 0 Å². The Kier molecular flexibility index (Phi) is 4.66. The molecule has 164 valence electrons. The molecule has 3 aliphatic rings. The molecule has 0 bridgehead atoms. The van der Waals surface area contributed by atoms with E-state index in [1.54, 1.807) is 4.68 Å². The van der Waals surface area contributed by atoms with Crippen LogP contribution in [0.5, 0.6) is 0 Å². The van der Waals surface area contributed by atoms with Crippen LogP contribution in [0, 0.1) is 11.8 Å². The molecule has 0 unspecified atom stereocenters. The van der Waals surface area contributed by atoms with Crippen molar-refractivity contribution in [2.45, 2.75) is 18.9 Å². The van der Waals surface area contributed by atoms with Gasteiger partial charge in [-0.3, -0.25) is 9.59 Å². The molecule has 0 spiro atoms. The Hall–Kier alpha value is -3.71. The van der Waals surface area contributed by atoms with Crippen molar-refractivity contribution in [3.05, 3.63) is 89.0 Å². The van der Waals surface area contributed by atoms with Gasteiger partial charge in [0.15, 0.2) is 0 Å². The maximum Gasteiger partial charge on any atom is 0.260 e. The van der Waals surface area contributed by atoms with Crippen LogP contribution in [0.15, 0.2) is 72.8 Å². The molecule has 3 atom stereocenters. The summed E-state index contributed by atoms with van der Waals surface area (Å²) < 4.78 is 1.71. The molecular weight excluding hydrogens is 438 g/mol. The molecule has 1 saturated heterocycles. The van der Waals surface area contributed by atoms with Crippen molar-refractivity contribution < 1.29 is 9.59 Å². The third-order valence-corrected chi connectivity index (χ3v) is 6.71. The van der Waals surface area contributed by atoms with Gasteiger partial charge in [-0.2, -0.15) is 4.98 Å². The van der Waals surface area contributed by atoms with Gasteiger partial charge in [0.2, 0.25) is 17.8 Å². The number of nitrogens with zero attached hydrogens (tertiary/aromatic N) is 4. The molecule has 6 rings (SSSR count). The zero-order chi connectivity index (χ0) is 22.5. The predicted octanol–water partition coefficient (Wildman–Crippen LogP) is 4.44. The Balaban J connectivity index is 1.43. The molecule has 33 heavy (non-hydrogen) atoms. The normalized spacial score (nSPS) is 23.7. The number of anilines is 2. The third-order valence-electron chi connectivity index (χ3n) is 6.46. The molecule has 2 aromatic carbocycles. The van der Waals surface area contributed by atoms with Crippen molar-refractivity contribution in [2.24, 2.45) is 11.8 Å². The van der Waals surface area contributed by atoms with Crippen molar-refractivity contribution in [1.29, 1.82) is 0 Å². The summed E-state index contributed by atoms with van der Waals surface area (Å²) >= 11 is 6.11. The van der Waals surface area contributed by atoms with Crippen LogP contribution in [0.1, 0.15) is 30.0 Å². The summed E-state index contributed by atoms with van der Waals surface area (Å²) in [5.74, 6) is -0.529. The smallest absolute Gasteiger partial charge is 0.260 e. The summed E-state index contributed by atoms with van der Waals surface area (Å²) in [6.07, 6.45) is 7.14. The van der Waals surface area contributed by atoms with Crippen LogP contribution in [-0.2, 0) is 9.59 Å². The van der Waals surface area contributed by atoms with Crippen molar-refractivity contribution in [3.8, 4) is 0 Å². The molecule has 8 heteroatoms. The molecule has 1 fully saturated rings. The second kappa shape index (κ2) is 7.71. The molecule has 0 saturated carbocycles. The molecule has 2 amide bonds. The highest BCUT2D eigenvalue weighted by molar-refractivity contribution is 6.30. The number of allylic oxidation sites excluding steroid dienone is 3. The minimum atomic E-state index is -0.332. The van der Waals surface area contributed by atoms with Gasteiger partial charge in [-0.25, -0.2) is 9.58 Å². The molecular formula is C25H20ClN5O2. The quantitative estimate of drug-likeness (QED) is 0.464. The molecule has 1 N–H and O–H groups in total. The lowest BCUT2D eigenvalue weighted by Crippen LogP contribution is -2.32. The fourth-order valence-electron chi connectivity index (χ4n) is 4.76. The third kappa shape index (κ3) is 3.27. The van der Waals surface area contributed by atoms with Crippen LogP contribution in [0.2, 0.25) is 5.02 Å². The number of amides is 2. The lowest BCUT2D eigenvalue weighted by molar-refractivity contribution is -0.122. The van der Waals surface area contributed by atoms with Crippen LogP contribution in [-0.4, -0.2) is 26.6 Å². The first-order chi connectivity index (χ1) is 16.1. The summed E-state index contributed by atoms with van der Waals surface area (Å²) in [5, 5.41) is 8.60. The first-order valence-electron chi connectivity index (χ1n) is 10.9. The summed E-state index contributed by atoms with van der Waals surface area (Å²) in [4.78, 5) is 31.9. The molecule has 1 aliphatic carbocycles. The summed E-state index contributed by atoms with van der Waals surface area (Å²) in [7, 11) is 0. The summed E-state index contributed by atoms with van der Waals surface area (Å²) in [6.45, 7) is 0. The van der Waals surface area contributed by atoms with Crippen LogP contribution in [0.4, 0.5) is 11.9 Å². The average molecular weight is 458 g/mol. The first kappa shape index (κ1) is 19.9. The topological polar surface area (TPSA) is 80.1 Å². The summed E-state index contributed by atoms with van der Waals surface area (Å²) in [6, 6.07) is 17.2. The number of carbonyl (C=O) groups excluding carboxylic acids is 2. The SMILES string of the molecule is O=C1[C@H]2CC=CC[C@@H]2C(=O)N1c1nc2n(n1)[C@H](c1ccc(Cl)cc1)C=C(c1ccccc1)N2. The average Bonchev–Trinajstić information content (AvgIpc) is 3.38. The fraction of sp³-hybridized carbons (Fsp3) is 0.200. The lowest BCUT2D eigenvalue weighted by Gasteiger charge is -2.24. The Labute approximate surface area is 195 Å². The van der Waals surface area contributed by atoms with E-state index in [1.807, 2.05) is 66.7 Å². The Bertz CT molecular complexity index is 1290. The molecule has 1 aromatic heterocycles. The van der Waals surface area contributed by atoms with Gasteiger partial charge in [-0.05, 0) is 42.2 Å². The molecule has 7 nitrogen and oxygen atoms in total. The predicted molar refractivity (Wildman–Crippen MR) is 126 cm³/mol. The minimum Gasteiger partial charge on any atom is -0.324 e. The monoisotopic (exact) mass is 457 g/mol. The largest absolute Gasteiger partial charge is 0.324 e. The number of fused-ring (bicyclic) bond motifs is 2. The van der Waals surface area contributed by atoms with Crippen molar-refractivity contribution in [2.75, 3.05) is 10.2 Å². The van der Waals surface area contributed by atoms with Gasteiger partial charge in [0.25, 0.3) is 5.95 Å². The van der Waals surface area contributed by atoms with E-state index in [2.05, 4.69) is 21.5 Å². The Morgan fingerprint density at radius 1 is 0.909 bits per heavy atom. The van der Waals surface area contributed by atoms with E-state index in [0.29, 0.717) is 23.8 Å². The highest BCUT2D eigenvalue weighted by Gasteiger charge is 2.49. The number of aromatic nitrogens is 3. The molecule has 3 aromatic rings. The zero-order valence-corrected chi connectivity index (χ0v) is 18.3. The first-order valence-corrected chi connectivity index (χ1v) is 11.3. The fourth-order valence-corrected chi connectivity index (χ4v) is 4.88. The number of rotatable bonds is 3. The highest BCUT2D eigenvalue weighted by atomic mass is 35.5. The molecule has 3 heterocycles. The van der Waals surface area contributed by atoms with E-state index >= 15 is 0 Å². The minimum absolute atomic E-state index is 0.114. The van der Waals surface area contributed by atoms with Gasteiger partial charge in [0, 0.05) is 10.7 Å². The van der Waals surface area contributed by atoms with E-state index in [0.717, 1.165) is 21.7 Å². The van der Waals surface area contributed by atoms with Crippen LogP contribution < -0.4 is 10.2 Å². The van der Waals surface area contributed by atoms with Gasteiger partial charge in [0.1, 0.15) is 6.04 Å². The number of carbonyl (C=O) groups is 2. The second-order valence-corrected chi connectivity index (χ2v) is 8.85. The van der Waals surface area contributed by atoms with Crippen LogP contribution in [0.3, 0.4) is 0 Å². The Morgan fingerprint density at radius 3 is 2.24 bits per heavy atom. The van der Waals surface area contributed by atoms with E-state index in [9.17, 15) is 9.59 Å². The lowest BCUT2D eigenvalue weighted by atomic mass is 9.85. The van der Waals surface area contributed by atoms with Gasteiger partial charge < -0.3 is 5.32 Å². The van der Waals surface area contributed by atoms with Gasteiger partial charge in [0.05, 0.1) is 11.8 Å². The van der Waals surface area contributed by atoms with Crippen LogP contribution in [0.25, 0.3) is 5.70 Å². The number of halogens is 1. The van der Waals surface area contributed by atoms with Crippen LogP contribution >= 0.6 is 11.6 Å². The number of benzene rings is 2. The second-order valence-electron chi connectivity index (χ2n) is 8.42. The summed E-state index contributed by atoms with van der Waals surface area (Å²) in [5.41, 5.74) is 2.83. The molecule has 0 radical (unpaired) electrons.